The van der Waals surface area contributed by atoms with Gasteiger partial charge in [0, 0.05) is 25.2 Å². The zero-order valence-electron chi connectivity index (χ0n) is 15.7. The van der Waals surface area contributed by atoms with E-state index in [1.54, 1.807) is 28.6 Å². The topological polar surface area (TPSA) is 66.5 Å². The van der Waals surface area contributed by atoms with Gasteiger partial charge >= 0.3 is 0 Å². The van der Waals surface area contributed by atoms with Gasteiger partial charge in [0.1, 0.15) is 5.82 Å². The van der Waals surface area contributed by atoms with Crippen LogP contribution in [-0.4, -0.2) is 38.3 Å². The van der Waals surface area contributed by atoms with Gasteiger partial charge in [-0.05, 0) is 61.2 Å². The molecule has 0 aliphatic carbocycles. The Morgan fingerprint density at radius 3 is 2.14 bits per heavy atom. The van der Waals surface area contributed by atoms with E-state index < -0.39 is 10.0 Å². The van der Waals surface area contributed by atoms with Gasteiger partial charge in [0.25, 0.3) is 5.91 Å². The molecule has 28 heavy (non-hydrogen) atoms. The zero-order valence-corrected chi connectivity index (χ0v) is 16.6. The summed E-state index contributed by atoms with van der Waals surface area (Å²) in [5.41, 5.74) is 1.34. The minimum atomic E-state index is -3.44. The molecule has 1 aliphatic rings. The first-order valence-electron chi connectivity index (χ1n) is 9.60. The number of nitrogens with one attached hydrogen (secondary N) is 1. The smallest absolute Gasteiger partial charge is 0.251 e. The fourth-order valence-electron chi connectivity index (χ4n) is 3.28. The van der Waals surface area contributed by atoms with E-state index in [4.69, 9.17) is 0 Å². The second-order valence-electron chi connectivity index (χ2n) is 6.98. The Bertz CT molecular complexity index is 888. The lowest BCUT2D eigenvalue weighted by Gasteiger charge is -2.20. The van der Waals surface area contributed by atoms with Gasteiger partial charge in [-0.25, -0.2) is 12.8 Å². The molecule has 0 atom stereocenters. The van der Waals surface area contributed by atoms with Gasteiger partial charge < -0.3 is 5.32 Å². The second-order valence-corrected chi connectivity index (χ2v) is 8.91. The lowest BCUT2D eigenvalue weighted by atomic mass is 10.1. The van der Waals surface area contributed by atoms with Crippen LogP contribution in [0.2, 0.25) is 0 Å². The Kier molecular flexibility index (Phi) is 6.80. The Morgan fingerprint density at radius 1 is 0.929 bits per heavy atom. The highest BCUT2D eigenvalue weighted by molar-refractivity contribution is 7.89. The van der Waals surface area contributed by atoms with Crippen molar-refractivity contribution in [1.29, 1.82) is 0 Å². The molecule has 1 N–H and O–H groups in total. The predicted octanol–water partition coefficient (Wildman–Crippen LogP) is 3.36. The molecule has 150 valence electrons. The van der Waals surface area contributed by atoms with E-state index in [0.717, 1.165) is 31.2 Å². The van der Waals surface area contributed by atoms with Gasteiger partial charge in [-0.3, -0.25) is 4.79 Å². The summed E-state index contributed by atoms with van der Waals surface area (Å²) in [6.45, 7) is 1.58. The first-order valence-corrected chi connectivity index (χ1v) is 11.0. The van der Waals surface area contributed by atoms with Crippen molar-refractivity contribution in [2.75, 3.05) is 19.6 Å². The molecule has 1 fully saturated rings. The average molecular weight is 405 g/mol. The first-order chi connectivity index (χ1) is 13.5. The van der Waals surface area contributed by atoms with Crippen LogP contribution in [0.3, 0.4) is 0 Å². The highest BCUT2D eigenvalue weighted by Gasteiger charge is 2.24. The molecular weight excluding hydrogens is 379 g/mol. The van der Waals surface area contributed by atoms with Crippen LogP contribution in [0.1, 0.15) is 41.6 Å². The fraction of sp³-hybridized carbons (Fsp3) is 0.381. The number of amides is 1. The lowest BCUT2D eigenvalue weighted by molar-refractivity contribution is 0.0954. The van der Waals surface area contributed by atoms with E-state index in [1.807, 2.05) is 0 Å². The van der Waals surface area contributed by atoms with E-state index in [9.17, 15) is 17.6 Å². The summed E-state index contributed by atoms with van der Waals surface area (Å²) in [5.74, 6) is -0.646. The molecule has 0 saturated carbocycles. The number of carbonyl (C=O) groups excluding carboxylic acids is 1. The number of hydrogen-bond acceptors (Lipinski definition) is 3. The Balaban J connectivity index is 1.55. The van der Waals surface area contributed by atoms with Crippen LogP contribution in [0.25, 0.3) is 0 Å². The minimum Gasteiger partial charge on any atom is -0.352 e. The standard InChI is InChI=1S/C21H25FN2O3S/c22-19-9-7-18(8-10-19)21(25)23-14-13-17-5-11-20(12-6-17)28(26,27)24-15-3-1-2-4-16-24/h5-12H,1-4,13-16H2,(H,23,25). The third-order valence-electron chi connectivity index (χ3n) is 4.93. The van der Waals surface area contributed by atoms with Crippen LogP contribution < -0.4 is 5.32 Å². The monoisotopic (exact) mass is 404 g/mol. The highest BCUT2D eigenvalue weighted by atomic mass is 32.2. The molecule has 1 amide bonds. The fourth-order valence-corrected chi connectivity index (χ4v) is 4.80. The largest absolute Gasteiger partial charge is 0.352 e. The molecule has 0 spiro atoms. The van der Waals surface area contributed by atoms with Crippen LogP contribution in [0, 0.1) is 5.82 Å². The van der Waals surface area contributed by atoms with Crippen LogP contribution in [0.4, 0.5) is 4.39 Å². The van der Waals surface area contributed by atoms with E-state index in [-0.39, 0.29) is 11.7 Å². The van der Waals surface area contributed by atoms with Gasteiger partial charge in [0.15, 0.2) is 0 Å². The van der Waals surface area contributed by atoms with Crippen molar-refractivity contribution in [3.8, 4) is 0 Å². The van der Waals surface area contributed by atoms with Gasteiger partial charge in [-0.15, -0.1) is 0 Å². The maximum atomic E-state index is 12.9. The van der Waals surface area contributed by atoms with Crippen LogP contribution in [0.15, 0.2) is 53.4 Å². The summed E-state index contributed by atoms with van der Waals surface area (Å²) in [6.07, 6.45) is 4.55. The zero-order chi connectivity index (χ0) is 20.0. The SMILES string of the molecule is O=C(NCCc1ccc(S(=O)(=O)N2CCCCCC2)cc1)c1ccc(F)cc1. The highest BCUT2D eigenvalue weighted by Crippen LogP contribution is 2.20. The third-order valence-corrected chi connectivity index (χ3v) is 6.84. The van der Waals surface area contributed by atoms with Crippen LogP contribution in [0.5, 0.6) is 0 Å². The van der Waals surface area contributed by atoms with E-state index in [0.29, 0.717) is 36.5 Å². The molecule has 0 bridgehead atoms. The molecule has 1 heterocycles. The van der Waals surface area contributed by atoms with Crippen molar-refractivity contribution in [2.24, 2.45) is 0 Å². The van der Waals surface area contributed by atoms with E-state index in [1.165, 1.54) is 24.3 Å². The second kappa shape index (κ2) is 9.30. The summed E-state index contributed by atoms with van der Waals surface area (Å²) in [5, 5.41) is 2.78. The number of halogens is 1. The quantitative estimate of drug-likeness (QED) is 0.803. The van der Waals surface area contributed by atoms with Gasteiger partial charge in [-0.2, -0.15) is 4.31 Å². The molecule has 0 unspecified atom stereocenters. The molecule has 1 saturated heterocycles. The molecular formula is C21H25FN2O3S. The summed E-state index contributed by atoms with van der Waals surface area (Å²) in [4.78, 5) is 12.3. The average Bonchev–Trinajstić information content (AvgIpc) is 2.99. The number of hydrogen-bond donors (Lipinski definition) is 1. The summed E-state index contributed by atoms with van der Waals surface area (Å²) >= 11 is 0. The predicted molar refractivity (Wildman–Crippen MR) is 106 cm³/mol. The molecule has 0 aromatic heterocycles. The lowest BCUT2D eigenvalue weighted by Crippen LogP contribution is -2.31. The third kappa shape index (κ3) is 5.17. The van der Waals surface area contributed by atoms with Crippen molar-refractivity contribution in [3.05, 3.63) is 65.5 Å². The van der Waals surface area contributed by atoms with Crippen molar-refractivity contribution < 1.29 is 17.6 Å². The van der Waals surface area contributed by atoms with Gasteiger partial charge in [0.05, 0.1) is 4.90 Å². The molecule has 2 aromatic rings. The number of benzene rings is 2. The molecule has 1 aliphatic heterocycles. The number of carbonyl (C=O) groups is 1. The Morgan fingerprint density at radius 2 is 1.54 bits per heavy atom. The maximum absolute atomic E-state index is 12.9. The maximum Gasteiger partial charge on any atom is 0.251 e. The molecule has 5 nitrogen and oxygen atoms in total. The van der Waals surface area contributed by atoms with Crippen molar-refractivity contribution in [2.45, 2.75) is 37.0 Å². The van der Waals surface area contributed by atoms with Gasteiger partial charge in [0.2, 0.25) is 10.0 Å². The van der Waals surface area contributed by atoms with Crippen molar-refractivity contribution in [3.63, 3.8) is 0 Å². The number of sulfonamides is 1. The van der Waals surface area contributed by atoms with E-state index >= 15 is 0 Å². The Hall–Kier alpha value is -2.25. The number of rotatable bonds is 6. The normalized spacial score (nSPS) is 15.8. The van der Waals surface area contributed by atoms with Crippen molar-refractivity contribution in [1.82, 2.24) is 9.62 Å². The molecule has 7 heteroatoms. The summed E-state index contributed by atoms with van der Waals surface area (Å²) in [6, 6.07) is 12.2. The van der Waals surface area contributed by atoms with Crippen molar-refractivity contribution >= 4 is 15.9 Å². The first kappa shape index (κ1) is 20.5. The minimum absolute atomic E-state index is 0.264. The molecule has 2 aromatic carbocycles. The summed E-state index contributed by atoms with van der Waals surface area (Å²) < 4.78 is 40.0. The molecule has 3 rings (SSSR count). The van der Waals surface area contributed by atoms with Crippen LogP contribution in [-0.2, 0) is 16.4 Å². The number of nitrogens with zero attached hydrogens (tertiary/aromatic N) is 1. The van der Waals surface area contributed by atoms with Crippen LogP contribution >= 0.6 is 0 Å². The summed E-state index contributed by atoms with van der Waals surface area (Å²) in [7, 11) is -3.44. The Labute approximate surface area is 165 Å². The van der Waals surface area contributed by atoms with Gasteiger partial charge in [-0.1, -0.05) is 25.0 Å². The molecule has 0 radical (unpaired) electrons. The van der Waals surface area contributed by atoms with E-state index in [2.05, 4.69) is 5.32 Å².